The van der Waals surface area contributed by atoms with Gasteiger partial charge in [-0.15, -0.1) is 0 Å². The number of H-pyrrole nitrogens is 1. The van der Waals surface area contributed by atoms with Gasteiger partial charge >= 0.3 is 0 Å². The average Bonchev–Trinajstić information content (AvgIpc) is 2.77. The lowest BCUT2D eigenvalue weighted by Crippen LogP contribution is -1.88. The van der Waals surface area contributed by atoms with Crippen LogP contribution in [-0.4, -0.2) is 9.97 Å². The van der Waals surface area contributed by atoms with E-state index in [9.17, 15) is 0 Å². The first-order valence-corrected chi connectivity index (χ1v) is 6.81. The second-order valence-electron chi connectivity index (χ2n) is 4.70. The van der Waals surface area contributed by atoms with Gasteiger partial charge in [-0.05, 0) is 30.9 Å². The zero-order chi connectivity index (χ0) is 12.1. The summed E-state index contributed by atoms with van der Waals surface area (Å²) in [6.45, 7) is 4.45. The molecule has 0 atom stereocenters. The van der Waals surface area contributed by atoms with Crippen molar-refractivity contribution in [3.8, 4) is 0 Å². The minimum atomic E-state index is 1.07. The molecule has 2 aromatic rings. The smallest absolute Gasteiger partial charge is 0.107 e. The number of aromatic amines is 1. The van der Waals surface area contributed by atoms with Crippen molar-refractivity contribution in [3.63, 3.8) is 0 Å². The maximum Gasteiger partial charge on any atom is 0.107 e. The Balaban J connectivity index is 2.25. The number of hydrogen-bond donors (Lipinski definition) is 1. The van der Waals surface area contributed by atoms with Crippen LogP contribution in [0.2, 0.25) is 0 Å². The van der Waals surface area contributed by atoms with Crippen molar-refractivity contribution in [2.45, 2.75) is 52.4 Å². The van der Waals surface area contributed by atoms with Crippen LogP contribution in [0.3, 0.4) is 0 Å². The molecule has 0 spiro atoms. The molecule has 0 unspecified atom stereocenters. The molecule has 92 valence electrons. The van der Waals surface area contributed by atoms with E-state index in [0.29, 0.717) is 0 Å². The van der Waals surface area contributed by atoms with Crippen LogP contribution in [-0.2, 0) is 12.8 Å². The summed E-state index contributed by atoms with van der Waals surface area (Å²) in [5.74, 6) is 1.14. The number of aryl methyl sites for hydroxylation is 2. The summed E-state index contributed by atoms with van der Waals surface area (Å²) >= 11 is 0. The summed E-state index contributed by atoms with van der Waals surface area (Å²) in [5, 5.41) is 0. The van der Waals surface area contributed by atoms with Gasteiger partial charge in [-0.1, -0.05) is 38.8 Å². The van der Waals surface area contributed by atoms with Crippen molar-refractivity contribution in [1.29, 1.82) is 0 Å². The molecule has 0 amide bonds. The Morgan fingerprint density at radius 3 is 2.59 bits per heavy atom. The van der Waals surface area contributed by atoms with E-state index in [1.807, 2.05) is 0 Å². The number of benzene rings is 1. The van der Waals surface area contributed by atoms with Gasteiger partial charge in [0.2, 0.25) is 0 Å². The van der Waals surface area contributed by atoms with Gasteiger partial charge in [-0.3, -0.25) is 0 Å². The third-order valence-corrected chi connectivity index (χ3v) is 3.21. The van der Waals surface area contributed by atoms with E-state index in [0.717, 1.165) is 18.7 Å². The first kappa shape index (κ1) is 12.2. The van der Waals surface area contributed by atoms with E-state index in [2.05, 4.69) is 37.0 Å². The summed E-state index contributed by atoms with van der Waals surface area (Å²) in [4.78, 5) is 8.18. The zero-order valence-electron chi connectivity index (χ0n) is 10.9. The molecule has 1 heterocycles. The van der Waals surface area contributed by atoms with Crippen LogP contribution in [0.25, 0.3) is 11.0 Å². The molecule has 1 aromatic carbocycles. The number of aromatic nitrogens is 2. The highest BCUT2D eigenvalue weighted by molar-refractivity contribution is 5.78. The van der Waals surface area contributed by atoms with E-state index in [1.54, 1.807) is 0 Å². The number of nitrogens with zero attached hydrogens (tertiary/aromatic N) is 1. The Morgan fingerprint density at radius 1 is 1.06 bits per heavy atom. The molecule has 1 aromatic heterocycles. The molecule has 2 nitrogen and oxygen atoms in total. The number of fused-ring (bicyclic) bond motifs is 1. The highest BCUT2D eigenvalue weighted by Crippen LogP contribution is 2.19. The fourth-order valence-electron chi connectivity index (χ4n) is 2.17. The first-order valence-electron chi connectivity index (χ1n) is 6.81. The van der Waals surface area contributed by atoms with Crippen molar-refractivity contribution in [1.82, 2.24) is 9.97 Å². The van der Waals surface area contributed by atoms with E-state index in [-0.39, 0.29) is 0 Å². The summed E-state index contributed by atoms with van der Waals surface area (Å²) < 4.78 is 0. The Hall–Kier alpha value is -1.31. The van der Waals surface area contributed by atoms with Crippen LogP contribution < -0.4 is 0 Å². The van der Waals surface area contributed by atoms with Crippen molar-refractivity contribution >= 4 is 11.0 Å². The predicted octanol–water partition coefficient (Wildman–Crippen LogP) is 4.25. The van der Waals surface area contributed by atoms with Gasteiger partial charge in [0.25, 0.3) is 0 Å². The highest BCUT2D eigenvalue weighted by Gasteiger charge is 2.06. The van der Waals surface area contributed by atoms with Crippen molar-refractivity contribution in [3.05, 3.63) is 29.6 Å². The lowest BCUT2D eigenvalue weighted by molar-refractivity contribution is 0.764. The third-order valence-electron chi connectivity index (χ3n) is 3.21. The van der Waals surface area contributed by atoms with Crippen LogP contribution in [0.1, 0.15) is 50.9 Å². The molecule has 0 bridgehead atoms. The SMILES string of the molecule is CCCCc1nc2c(CCCC)cccc2[nH]1. The molecule has 17 heavy (non-hydrogen) atoms. The first-order chi connectivity index (χ1) is 8.35. The van der Waals surface area contributed by atoms with E-state index < -0.39 is 0 Å². The van der Waals surface area contributed by atoms with Crippen molar-refractivity contribution in [2.75, 3.05) is 0 Å². The number of imidazole rings is 1. The number of unbranched alkanes of at least 4 members (excludes halogenated alkanes) is 2. The Labute approximate surface area is 103 Å². The Kier molecular flexibility index (Phi) is 4.18. The predicted molar refractivity (Wildman–Crippen MR) is 73.3 cm³/mol. The van der Waals surface area contributed by atoms with Crippen LogP contribution in [0.4, 0.5) is 0 Å². The molecule has 2 rings (SSSR count). The second-order valence-corrected chi connectivity index (χ2v) is 4.70. The number of hydrogen-bond acceptors (Lipinski definition) is 1. The van der Waals surface area contributed by atoms with Gasteiger partial charge < -0.3 is 4.98 Å². The van der Waals surface area contributed by atoms with Crippen LogP contribution in [0.5, 0.6) is 0 Å². The molecule has 0 aliphatic heterocycles. The van der Waals surface area contributed by atoms with Gasteiger partial charge in [0.05, 0.1) is 11.0 Å². The van der Waals surface area contributed by atoms with Gasteiger partial charge in [0, 0.05) is 6.42 Å². The number of nitrogens with one attached hydrogen (secondary N) is 1. The summed E-state index contributed by atoms with van der Waals surface area (Å²) in [5.41, 5.74) is 3.78. The van der Waals surface area contributed by atoms with Gasteiger partial charge in [0.15, 0.2) is 0 Å². The van der Waals surface area contributed by atoms with E-state index in [4.69, 9.17) is 4.98 Å². The molecule has 0 aliphatic carbocycles. The molecular formula is C15H22N2. The Bertz CT molecular complexity index is 471. The number of para-hydroxylation sites is 1. The maximum absolute atomic E-state index is 4.75. The minimum absolute atomic E-state index is 1.07. The average molecular weight is 230 g/mol. The van der Waals surface area contributed by atoms with Crippen LogP contribution in [0, 0.1) is 0 Å². The third kappa shape index (κ3) is 2.87. The van der Waals surface area contributed by atoms with Gasteiger partial charge in [-0.2, -0.15) is 0 Å². The molecule has 1 N–H and O–H groups in total. The topological polar surface area (TPSA) is 28.7 Å². The standard InChI is InChI=1S/C15H22N2/c1-3-5-8-12-9-7-10-13-15(12)17-14(16-13)11-6-4-2/h7,9-10H,3-6,8,11H2,1-2H3,(H,16,17). The summed E-state index contributed by atoms with van der Waals surface area (Å²) in [7, 11) is 0. The van der Waals surface area contributed by atoms with Crippen molar-refractivity contribution < 1.29 is 0 Å². The van der Waals surface area contributed by atoms with E-state index >= 15 is 0 Å². The largest absolute Gasteiger partial charge is 0.342 e. The normalized spacial score (nSPS) is 11.2. The van der Waals surface area contributed by atoms with Gasteiger partial charge in [-0.25, -0.2) is 4.98 Å². The van der Waals surface area contributed by atoms with Crippen LogP contribution >= 0.6 is 0 Å². The fraction of sp³-hybridized carbons (Fsp3) is 0.533. The molecule has 2 heteroatoms. The summed E-state index contributed by atoms with van der Waals surface area (Å²) in [6.07, 6.45) is 7.13. The number of rotatable bonds is 6. The van der Waals surface area contributed by atoms with E-state index in [1.165, 1.54) is 42.3 Å². The van der Waals surface area contributed by atoms with Crippen LogP contribution in [0.15, 0.2) is 18.2 Å². The second kappa shape index (κ2) is 5.85. The molecule has 0 radical (unpaired) electrons. The molecule has 0 aliphatic rings. The molecular weight excluding hydrogens is 208 g/mol. The highest BCUT2D eigenvalue weighted by atomic mass is 14.9. The molecule has 0 saturated heterocycles. The minimum Gasteiger partial charge on any atom is -0.342 e. The van der Waals surface area contributed by atoms with Crippen molar-refractivity contribution in [2.24, 2.45) is 0 Å². The lowest BCUT2D eigenvalue weighted by Gasteiger charge is -1.99. The quantitative estimate of drug-likeness (QED) is 0.789. The maximum atomic E-state index is 4.75. The summed E-state index contributed by atoms with van der Waals surface area (Å²) in [6, 6.07) is 6.48. The Morgan fingerprint density at radius 2 is 1.82 bits per heavy atom. The fourth-order valence-corrected chi connectivity index (χ4v) is 2.17. The monoisotopic (exact) mass is 230 g/mol. The molecule has 0 saturated carbocycles. The van der Waals surface area contributed by atoms with Gasteiger partial charge in [0.1, 0.15) is 5.82 Å². The molecule has 0 fully saturated rings. The zero-order valence-corrected chi connectivity index (χ0v) is 10.9. The lowest BCUT2D eigenvalue weighted by atomic mass is 10.1.